The molecule has 20 heavy (non-hydrogen) atoms. The average molecular weight is 301 g/mol. The van der Waals surface area contributed by atoms with Crippen molar-refractivity contribution in [2.75, 3.05) is 31.6 Å². The third-order valence-electron chi connectivity index (χ3n) is 2.51. The van der Waals surface area contributed by atoms with E-state index in [1.54, 1.807) is 12.1 Å². The van der Waals surface area contributed by atoms with Crippen LogP contribution in [0.25, 0.3) is 0 Å². The van der Waals surface area contributed by atoms with Crippen LogP contribution in [0.5, 0.6) is 0 Å². The van der Waals surface area contributed by atoms with Crippen molar-refractivity contribution < 1.29 is 13.2 Å². The molecule has 1 heterocycles. The second-order valence-corrected chi connectivity index (χ2v) is 6.04. The summed E-state index contributed by atoms with van der Waals surface area (Å²) in [6.45, 7) is 6.37. The van der Waals surface area contributed by atoms with Gasteiger partial charge >= 0.3 is 0 Å². The Bertz CT molecular complexity index is 474. The molecule has 0 saturated heterocycles. The van der Waals surface area contributed by atoms with Gasteiger partial charge in [0.25, 0.3) is 0 Å². The third-order valence-corrected chi connectivity index (χ3v) is 3.96. The average Bonchev–Trinajstić information content (AvgIpc) is 2.44. The Morgan fingerprint density at radius 2 is 2.05 bits per heavy atom. The summed E-state index contributed by atoms with van der Waals surface area (Å²) >= 11 is 0. The van der Waals surface area contributed by atoms with Crippen LogP contribution in [0, 0.1) is 0 Å². The van der Waals surface area contributed by atoms with Crippen molar-refractivity contribution in [1.82, 2.24) is 9.71 Å². The monoisotopic (exact) mass is 301 g/mol. The van der Waals surface area contributed by atoms with Gasteiger partial charge in [0, 0.05) is 32.5 Å². The van der Waals surface area contributed by atoms with Gasteiger partial charge in [0.1, 0.15) is 10.7 Å². The number of rotatable bonds is 10. The normalized spacial score (nSPS) is 11.5. The maximum absolute atomic E-state index is 12.0. The van der Waals surface area contributed by atoms with Crippen LogP contribution in [0.3, 0.4) is 0 Å². The van der Waals surface area contributed by atoms with Crippen LogP contribution in [0.2, 0.25) is 0 Å². The number of nitrogens with zero attached hydrogens (tertiary/aromatic N) is 1. The van der Waals surface area contributed by atoms with Crippen LogP contribution in [0.1, 0.15) is 26.7 Å². The van der Waals surface area contributed by atoms with E-state index in [0.29, 0.717) is 32.0 Å². The molecule has 1 aromatic heterocycles. The van der Waals surface area contributed by atoms with Gasteiger partial charge in [-0.3, -0.25) is 0 Å². The first-order valence-electron chi connectivity index (χ1n) is 6.87. The Kier molecular flexibility index (Phi) is 7.50. The summed E-state index contributed by atoms with van der Waals surface area (Å²) in [6, 6.07) is 3.20. The number of ether oxygens (including phenoxy) is 1. The Hall–Kier alpha value is -1.18. The standard InChI is InChI=1S/C13H23N3O3S/c1-3-9-19-10-5-8-16-20(17,18)12-6-7-13(14-4-2)15-11-12/h6-7,11,16H,3-5,8-10H2,1-2H3,(H,14,15). The second kappa shape index (κ2) is 8.89. The van der Waals surface area contributed by atoms with Crippen LogP contribution >= 0.6 is 0 Å². The minimum Gasteiger partial charge on any atom is -0.381 e. The SMILES string of the molecule is CCCOCCCNS(=O)(=O)c1ccc(NCC)nc1. The Morgan fingerprint density at radius 1 is 1.25 bits per heavy atom. The molecule has 0 amide bonds. The zero-order valence-corrected chi connectivity index (χ0v) is 12.9. The Balaban J connectivity index is 2.43. The number of hydrogen-bond acceptors (Lipinski definition) is 5. The molecular weight excluding hydrogens is 278 g/mol. The van der Waals surface area contributed by atoms with Gasteiger partial charge in [0.2, 0.25) is 10.0 Å². The summed E-state index contributed by atoms with van der Waals surface area (Å²) in [5.41, 5.74) is 0. The van der Waals surface area contributed by atoms with Gasteiger partial charge in [0.05, 0.1) is 0 Å². The predicted octanol–water partition coefficient (Wildman–Crippen LogP) is 1.61. The summed E-state index contributed by atoms with van der Waals surface area (Å²) in [4.78, 5) is 4.22. The highest BCUT2D eigenvalue weighted by atomic mass is 32.2. The maximum Gasteiger partial charge on any atom is 0.242 e. The highest BCUT2D eigenvalue weighted by Crippen LogP contribution is 2.10. The first-order chi connectivity index (χ1) is 9.60. The zero-order valence-electron chi connectivity index (χ0n) is 12.1. The molecule has 0 fully saturated rings. The predicted molar refractivity (Wildman–Crippen MR) is 79.3 cm³/mol. The van der Waals surface area contributed by atoms with E-state index < -0.39 is 10.0 Å². The lowest BCUT2D eigenvalue weighted by molar-refractivity contribution is 0.133. The smallest absolute Gasteiger partial charge is 0.242 e. The van der Waals surface area contributed by atoms with Gasteiger partial charge in [-0.15, -0.1) is 0 Å². The van der Waals surface area contributed by atoms with Crippen molar-refractivity contribution in [3.05, 3.63) is 18.3 Å². The first kappa shape index (κ1) is 16.9. The number of pyridine rings is 1. The largest absolute Gasteiger partial charge is 0.381 e. The topological polar surface area (TPSA) is 80.3 Å². The molecule has 0 aliphatic rings. The molecule has 7 heteroatoms. The number of anilines is 1. The van der Waals surface area contributed by atoms with Gasteiger partial charge in [0.15, 0.2) is 0 Å². The van der Waals surface area contributed by atoms with Crippen molar-refractivity contribution >= 4 is 15.8 Å². The number of hydrogen-bond donors (Lipinski definition) is 2. The van der Waals surface area contributed by atoms with E-state index in [4.69, 9.17) is 4.74 Å². The molecule has 0 saturated carbocycles. The van der Waals surface area contributed by atoms with Gasteiger partial charge < -0.3 is 10.1 Å². The van der Waals surface area contributed by atoms with E-state index >= 15 is 0 Å². The van der Waals surface area contributed by atoms with E-state index in [9.17, 15) is 8.42 Å². The first-order valence-corrected chi connectivity index (χ1v) is 8.35. The molecule has 6 nitrogen and oxygen atoms in total. The van der Waals surface area contributed by atoms with Crippen molar-refractivity contribution in [2.24, 2.45) is 0 Å². The quantitative estimate of drug-likeness (QED) is 0.642. The van der Waals surface area contributed by atoms with E-state index in [2.05, 4.69) is 15.0 Å². The highest BCUT2D eigenvalue weighted by Gasteiger charge is 2.13. The Morgan fingerprint density at radius 3 is 2.65 bits per heavy atom. The van der Waals surface area contributed by atoms with Gasteiger partial charge in [-0.05, 0) is 31.9 Å². The van der Waals surface area contributed by atoms with Crippen molar-refractivity contribution in [1.29, 1.82) is 0 Å². The minimum absolute atomic E-state index is 0.175. The molecule has 0 bridgehead atoms. The molecule has 0 spiro atoms. The van der Waals surface area contributed by atoms with E-state index in [-0.39, 0.29) is 4.90 Å². The number of sulfonamides is 1. The molecule has 1 rings (SSSR count). The van der Waals surface area contributed by atoms with Crippen LogP contribution in [0.4, 0.5) is 5.82 Å². The molecule has 1 aromatic rings. The summed E-state index contributed by atoms with van der Waals surface area (Å²) < 4.78 is 31.8. The molecule has 0 aliphatic carbocycles. The Labute approximate surface area is 121 Å². The molecule has 0 aromatic carbocycles. The molecular formula is C13H23N3O3S. The van der Waals surface area contributed by atoms with Gasteiger partial charge in [-0.1, -0.05) is 6.92 Å². The number of aromatic nitrogens is 1. The molecule has 0 aliphatic heterocycles. The van der Waals surface area contributed by atoms with Crippen molar-refractivity contribution in [3.63, 3.8) is 0 Å². The lowest BCUT2D eigenvalue weighted by Crippen LogP contribution is -2.25. The number of nitrogens with one attached hydrogen (secondary N) is 2. The molecule has 114 valence electrons. The van der Waals surface area contributed by atoms with Gasteiger partial charge in [-0.2, -0.15) is 0 Å². The maximum atomic E-state index is 12.0. The van der Waals surface area contributed by atoms with Crippen molar-refractivity contribution in [2.45, 2.75) is 31.6 Å². The van der Waals surface area contributed by atoms with E-state index in [1.807, 2.05) is 13.8 Å². The van der Waals surface area contributed by atoms with Crippen LogP contribution in [-0.2, 0) is 14.8 Å². The van der Waals surface area contributed by atoms with E-state index in [0.717, 1.165) is 13.0 Å². The lowest BCUT2D eigenvalue weighted by atomic mass is 10.4. The second-order valence-electron chi connectivity index (χ2n) is 4.27. The summed E-state index contributed by atoms with van der Waals surface area (Å²) in [5, 5.41) is 3.02. The van der Waals surface area contributed by atoms with Crippen LogP contribution in [0.15, 0.2) is 23.2 Å². The summed E-state index contributed by atoms with van der Waals surface area (Å²) in [5.74, 6) is 0.666. The summed E-state index contributed by atoms with van der Waals surface area (Å²) in [7, 11) is -3.48. The van der Waals surface area contributed by atoms with Crippen molar-refractivity contribution in [3.8, 4) is 0 Å². The molecule has 0 radical (unpaired) electrons. The fourth-order valence-electron chi connectivity index (χ4n) is 1.54. The molecule has 0 atom stereocenters. The zero-order chi connectivity index (χ0) is 14.8. The third kappa shape index (κ3) is 5.85. The fourth-order valence-corrected chi connectivity index (χ4v) is 2.55. The van der Waals surface area contributed by atoms with E-state index in [1.165, 1.54) is 6.20 Å². The molecule has 0 unspecified atom stereocenters. The van der Waals surface area contributed by atoms with Gasteiger partial charge in [-0.25, -0.2) is 18.1 Å². The fraction of sp³-hybridized carbons (Fsp3) is 0.615. The summed E-state index contributed by atoms with van der Waals surface area (Å²) in [6.07, 6.45) is 2.98. The van der Waals surface area contributed by atoms with Crippen LogP contribution < -0.4 is 10.0 Å². The lowest BCUT2D eigenvalue weighted by Gasteiger charge is -2.08. The highest BCUT2D eigenvalue weighted by molar-refractivity contribution is 7.89. The molecule has 2 N–H and O–H groups in total. The minimum atomic E-state index is -3.48. The van der Waals surface area contributed by atoms with Crippen LogP contribution in [-0.4, -0.2) is 39.7 Å².